The van der Waals surface area contributed by atoms with Gasteiger partial charge in [-0.2, -0.15) is 0 Å². The summed E-state index contributed by atoms with van der Waals surface area (Å²) < 4.78 is 12.7. The number of fused-ring (bicyclic) bond motifs is 1. The molecular weight excluding hydrogens is 250 g/mol. The molecule has 6 heteroatoms. The molecule has 5 nitrogen and oxygen atoms in total. The third-order valence-electron chi connectivity index (χ3n) is 2.80. The second-order valence-electron chi connectivity index (χ2n) is 3.86. The van der Waals surface area contributed by atoms with E-state index in [1.165, 1.54) is 0 Å². The zero-order valence-corrected chi connectivity index (χ0v) is 10.5. The van der Waals surface area contributed by atoms with Crippen molar-refractivity contribution < 1.29 is 9.26 Å². The van der Waals surface area contributed by atoms with E-state index in [0.29, 0.717) is 11.3 Å². The molecule has 0 bridgehead atoms. The molecule has 0 fully saturated rings. The number of aromatic nitrogens is 3. The molecule has 0 saturated heterocycles. The van der Waals surface area contributed by atoms with Crippen LogP contribution in [-0.2, 0) is 6.54 Å². The molecule has 2 aromatic heterocycles. The van der Waals surface area contributed by atoms with E-state index in [2.05, 4.69) is 10.1 Å². The van der Waals surface area contributed by atoms with Gasteiger partial charge in [-0.25, -0.2) is 0 Å². The maximum Gasteiger partial charge on any atom is 0.178 e. The Balaban J connectivity index is 2.17. The summed E-state index contributed by atoms with van der Waals surface area (Å²) in [4.78, 5) is 3.15. The van der Waals surface area contributed by atoms with Crippen molar-refractivity contribution in [1.82, 2.24) is 14.7 Å². The molecule has 0 aliphatic carbocycles. The quantitative estimate of drug-likeness (QED) is 0.736. The normalized spacial score (nSPS) is 10.9. The van der Waals surface area contributed by atoms with Gasteiger partial charge in [0.15, 0.2) is 4.77 Å². The van der Waals surface area contributed by atoms with Gasteiger partial charge in [-0.1, -0.05) is 11.2 Å². The number of hydrogen-bond acceptors (Lipinski definition) is 4. The highest BCUT2D eigenvalue weighted by Crippen LogP contribution is 2.24. The lowest BCUT2D eigenvalue weighted by Crippen LogP contribution is -1.99. The van der Waals surface area contributed by atoms with Crippen molar-refractivity contribution in [2.75, 3.05) is 7.11 Å². The SMILES string of the molecule is COc1cccc2c1[nH]c(=S)n2Cc1ccon1. The Morgan fingerprint density at radius 1 is 1.44 bits per heavy atom. The first-order valence-corrected chi connectivity index (χ1v) is 5.85. The van der Waals surface area contributed by atoms with Crippen LogP contribution in [0, 0.1) is 4.77 Å². The summed E-state index contributed by atoms with van der Waals surface area (Å²) in [5.74, 6) is 0.775. The molecule has 0 aliphatic rings. The van der Waals surface area contributed by atoms with Crippen LogP contribution in [0.15, 0.2) is 35.1 Å². The van der Waals surface area contributed by atoms with Gasteiger partial charge in [0.1, 0.15) is 23.2 Å². The highest BCUT2D eigenvalue weighted by Gasteiger charge is 2.09. The van der Waals surface area contributed by atoms with Gasteiger partial charge in [0, 0.05) is 6.07 Å². The number of aromatic amines is 1. The first-order valence-electron chi connectivity index (χ1n) is 5.44. The Bertz CT molecular complexity index is 727. The van der Waals surface area contributed by atoms with Crippen molar-refractivity contribution in [3.63, 3.8) is 0 Å². The van der Waals surface area contributed by atoms with E-state index in [1.54, 1.807) is 13.4 Å². The van der Waals surface area contributed by atoms with Gasteiger partial charge in [0.05, 0.1) is 19.2 Å². The van der Waals surface area contributed by atoms with Crippen molar-refractivity contribution in [3.05, 3.63) is 41.0 Å². The van der Waals surface area contributed by atoms with Gasteiger partial charge in [-0.05, 0) is 24.4 Å². The number of imidazole rings is 1. The third-order valence-corrected chi connectivity index (χ3v) is 3.13. The summed E-state index contributed by atoms with van der Waals surface area (Å²) in [5.41, 5.74) is 2.71. The first-order chi connectivity index (χ1) is 8.79. The van der Waals surface area contributed by atoms with Crippen LogP contribution in [0.5, 0.6) is 5.75 Å². The summed E-state index contributed by atoms with van der Waals surface area (Å²) in [6.45, 7) is 0.572. The second kappa shape index (κ2) is 4.30. The lowest BCUT2D eigenvalue weighted by Gasteiger charge is -2.03. The molecule has 0 spiro atoms. The molecule has 1 aromatic carbocycles. The van der Waals surface area contributed by atoms with Crippen LogP contribution in [-0.4, -0.2) is 21.8 Å². The number of benzene rings is 1. The maximum absolute atomic E-state index is 5.33. The summed E-state index contributed by atoms with van der Waals surface area (Å²) in [7, 11) is 1.64. The van der Waals surface area contributed by atoms with E-state index in [0.717, 1.165) is 22.5 Å². The highest BCUT2D eigenvalue weighted by atomic mass is 32.1. The number of ether oxygens (including phenoxy) is 1. The summed E-state index contributed by atoms with van der Waals surface area (Å²) in [6, 6.07) is 7.64. The van der Waals surface area contributed by atoms with Crippen molar-refractivity contribution in [1.29, 1.82) is 0 Å². The van der Waals surface area contributed by atoms with Gasteiger partial charge in [-0.15, -0.1) is 0 Å². The van der Waals surface area contributed by atoms with Crippen LogP contribution < -0.4 is 4.74 Å². The van der Waals surface area contributed by atoms with E-state index in [-0.39, 0.29) is 0 Å². The number of methoxy groups -OCH3 is 1. The Morgan fingerprint density at radius 2 is 2.33 bits per heavy atom. The molecule has 0 radical (unpaired) electrons. The minimum Gasteiger partial charge on any atom is -0.494 e. The van der Waals surface area contributed by atoms with Crippen molar-refractivity contribution in [2.24, 2.45) is 0 Å². The third kappa shape index (κ3) is 1.70. The van der Waals surface area contributed by atoms with Crippen LogP contribution >= 0.6 is 12.2 Å². The fraction of sp³-hybridized carbons (Fsp3) is 0.167. The van der Waals surface area contributed by atoms with Crippen molar-refractivity contribution in [3.8, 4) is 5.75 Å². The Labute approximate surface area is 108 Å². The Hall–Kier alpha value is -2.08. The average molecular weight is 261 g/mol. The van der Waals surface area contributed by atoms with Gasteiger partial charge in [0.2, 0.25) is 0 Å². The fourth-order valence-corrected chi connectivity index (χ4v) is 2.23. The molecule has 0 atom stereocenters. The molecule has 92 valence electrons. The number of nitrogens with one attached hydrogen (secondary N) is 1. The summed E-state index contributed by atoms with van der Waals surface area (Å²) >= 11 is 5.33. The minimum absolute atomic E-state index is 0.572. The zero-order valence-electron chi connectivity index (χ0n) is 9.71. The Kier molecular flexibility index (Phi) is 2.64. The minimum atomic E-state index is 0.572. The van der Waals surface area contributed by atoms with E-state index < -0.39 is 0 Å². The van der Waals surface area contributed by atoms with Crippen LogP contribution in [0.3, 0.4) is 0 Å². The predicted molar refractivity (Wildman–Crippen MR) is 69.3 cm³/mol. The maximum atomic E-state index is 5.33. The molecule has 2 heterocycles. The van der Waals surface area contributed by atoms with Crippen molar-refractivity contribution >= 4 is 23.3 Å². The monoisotopic (exact) mass is 261 g/mol. The van der Waals surface area contributed by atoms with Gasteiger partial charge < -0.3 is 18.8 Å². The number of nitrogens with zero attached hydrogens (tertiary/aromatic N) is 2. The van der Waals surface area contributed by atoms with Crippen LogP contribution in [0.2, 0.25) is 0 Å². The number of H-pyrrole nitrogens is 1. The molecule has 0 aliphatic heterocycles. The smallest absolute Gasteiger partial charge is 0.178 e. The van der Waals surface area contributed by atoms with Gasteiger partial charge in [-0.3, -0.25) is 0 Å². The molecule has 3 aromatic rings. The van der Waals surface area contributed by atoms with Gasteiger partial charge >= 0.3 is 0 Å². The lowest BCUT2D eigenvalue weighted by atomic mass is 10.3. The van der Waals surface area contributed by atoms with Crippen LogP contribution in [0.25, 0.3) is 11.0 Å². The summed E-state index contributed by atoms with van der Waals surface area (Å²) in [5, 5.41) is 3.89. The van der Waals surface area contributed by atoms with E-state index in [1.807, 2.05) is 28.8 Å². The van der Waals surface area contributed by atoms with Gasteiger partial charge in [0.25, 0.3) is 0 Å². The molecule has 18 heavy (non-hydrogen) atoms. The molecule has 0 unspecified atom stereocenters. The lowest BCUT2D eigenvalue weighted by molar-refractivity contribution is 0.410. The molecule has 1 N–H and O–H groups in total. The predicted octanol–water partition coefficient (Wildman–Crippen LogP) is 2.74. The standard InChI is InChI=1S/C12H11N3O2S/c1-16-10-4-2-3-9-11(10)13-12(18)15(9)7-8-5-6-17-14-8/h2-6H,7H2,1H3,(H,13,18). The summed E-state index contributed by atoms with van der Waals surface area (Å²) in [6.07, 6.45) is 1.55. The second-order valence-corrected chi connectivity index (χ2v) is 4.25. The average Bonchev–Trinajstić information content (AvgIpc) is 2.99. The largest absolute Gasteiger partial charge is 0.494 e. The van der Waals surface area contributed by atoms with Crippen LogP contribution in [0.4, 0.5) is 0 Å². The molecule has 0 amide bonds. The number of hydrogen-bond donors (Lipinski definition) is 1. The Morgan fingerprint density at radius 3 is 3.06 bits per heavy atom. The number of rotatable bonds is 3. The molecule has 0 saturated carbocycles. The van der Waals surface area contributed by atoms with E-state index in [9.17, 15) is 0 Å². The molecular formula is C12H11N3O2S. The fourth-order valence-electron chi connectivity index (χ4n) is 1.96. The van der Waals surface area contributed by atoms with E-state index >= 15 is 0 Å². The van der Waals surface area contributed by atoms with Crippen molar-refractivity contribution in [2.45, 2.75) is 6.54 Å². The highest BCUT2D eigenvalue weighted by molar-refractivity contribution is 7.71. The van der Waals surface area contributed by atoms with E-state index in [4.69, 9.17) is 21.5 Å². The molecule has 3 rings (SSSR count). The number of para-hydroxylation sites is 1. The van der Waals surface area contributed by atoms with Crippen LogP contribution in [0.1, 0.15) is 5.69 Å². The topological polar surface area (TPSA) is 56.0 Å². The zero-order chi connectivity index (χ0) is 12.5. The first kappa shape index (κ1) is 11.0.